The topological polar surface area (TPSA) is 58.8 Å². The van der Waals surface area contributed by atoms with E-state index in [0.717, 1.165) is 23.5 Å². The van der Waals surface area contributed by atoms with E-state index in [4.69, 9.17) is 10.5 Å². The minimum Gasteiger partial charge on any atom is -0.478 e. The first-order valence-corrected chi connectivity index (χ1v) is 7.46. The number of rotatable bonds is 5. The predicted molar refractivity (Wildman–Crippen MR) is 84.7 cm³/mol. The summed E-state index contributed by atoms with van der Waals surface area (Å²) in [7, 11) is 4.00. The Bertz CT molecular complexity index is 514. The highest BCUT2D eigenvalue weighted by Crippen LogP contribution is 2.36. The Hall–Kier alpha value is -1.59. The van der Waals surface area contributed by atoms with Gasteiger partial charge >= 0.3 is 0 Å². The van der Waals surface area contributed by atoms with Crippen molar-refractivity contribution in [3.8, 4) is 5.75 Å². The van der Waals surface area contributed by atoms with Crippen LogP contribution in [0.15, 0.2) is 18.2 Å². The molecule has 5 nitrogen and oxygen atoms in total. The third kappa shape index (κ3) is 3.36. The molecule has 2 N–H and O–H groups in total. The van der Waals surface area contributed by atoms with Gasteiger partial charge in [-0.1, -0.05) is 13.0 Å². The van der Waals surface area contributed by atoms with Crippen molar-refractivity contribution >= 4 is 11.6 Å². The predicted octanol–water partition coefficient (Wildman–Crippen LogP) is 1.77. The zero-order chi connectivity index (χ0) is 15.6. The number of likely N-dealkylation sites (N-methyl/N-ethyl adjacent to an activating group) is 1. The molecule has 0 fully saturated rings. The minimum absolute atomic E-state index is 0.0358. The number of fused-ring (bicyclic) bond motifs is 1. The van der Waals surface area contributed by atoms with Crippen molar-refractivity contribution in [3.63, 3.8) is 0 Å². The van der Waals surface area contributed by atoms with E-state index in [1.807, 2.05) is 51.0 Å². The lowest BCUT2D eigenvalue weighted by Gasteiger charge is -2.35. The van der Waals surface area contributed by atoms with Crippen molar-refractivity contribution in [1.29, 1.82) is 0 Å². The third-order valence-electron chi connectivity index (χ3n) is 3.75. The first-order valence-electron chi connectivity index (χ1n) is 7.46. The van der Waals surface area contributed by atoms with Crippen LogP contribution in [0.1, 0.15) is 31.9 Å². The summed E-state index contributed by atoms with van der Waals surface area (Å²) in [5, 5.41) is 0. The maximum atomic E-state index is 12.6. The fourth-order valence-electron chi connectivity index (χ4n) is 2.41. The van der Waals surface area contributed by atoms with Crippen LogP contribution in [0.5, 0.6) is 5.75 Å². The van der Waals surface area contributed by atoms with Gasteiger partial charge in [-0.05, 0) is 45.1 Å². The van der Waals surface area contributed by atoms with Crippen LogP contribution in [0.4, 0.5) is 5.69 Å². The molecule has 1 aliphatic heterocycles. The maximum absolute atomic E-state index is 12.6. The van der Waals surface area contributed by atoms with E-state index in [2.05, 4.69) is 4.90 Å². The van der Waals surface area contributed by atoms with E-state index >= 15 is 0 Å². The van der Waals surface area contributed by atoms with Crippen molar-refractivity contribution < 1.29 is 9.53 Å². The summed E-state index contributed by atoms with van der Waals surface area (Å²) in [5.74, 6) is 0.804. The van der Waals surface area contributed by atoms with Gasteiger partial charge in [0.25, 0.3) is 5.91 Å². The number of amides is 1. The molecule has 0 aromatic heterocycles. The van der Waals surface area contributed by atoms with Crippen molar-refractivity contribution in [2.45, 2.75) is 32.4 Å². The number of hydrogen-bond donors (Lipinski definition) is 1. The summed E-state index contributed by atoms with van der Waals surface area (Å²) in [6, 6.07) is 5.80. The van der Waals surface area contributed by atoms with Crippen LogP contribution in [0.25, 0.3) is 0 Å². The Kier molecular flexibility index (Phi) is 4.85. The quantitative estimate of drug-likeness (QED) is 0.898. The molecule has 0 bridgehead atoms. The normalized spacial score (nSPS) is 19.4. The summed E-state index contributed by atoms with van der Waals surface area (Å²) in [4.78, 5) is 16.5. The van der Waals surface area contributed by atoms with Gasteiger partial charge < -0.3 is 20.3 Å². The maximum Gasteiger partial charge on any atom is 0.268 e. The molecule has 0 saturated carbocycles. The van der Waals surface area contributed by atoms with Gasteiger partial charge in [0, 0.05) is 19.1 Å². The zero-order valence-electron chi connectivity index (χ0n) is 13.3. The van der Waals surface area contributed by atoms with Crippen LogP contribution in [-0.2, 0) is 4.79 Å². The molecular weight excluding hydrogens is 266 g/mol. The first kappa shape index (κ1) is 15.8. The molecule has 1 aliphatic rings. The molecule has 21 heavy (non-hydrogen) atoms. The van der Waals surface area contributed by atoms with Gasteiger partial charge in [0.2, 0.25) is 0 Å². The van der Waals surface area contributed by atoms with Gasteiger partial charge in [0.05, 0.1) is 5.69 Å². The molecule has 1 heterocycles. The zero-order valence-corrected chi connectivity index (χ0v) is 13.3. The minimum atomic E-state index is -0.388. The molecule has 1 amide bonds. The summed E-state index contributed by atoms with van der Waals surface area (Å²) in [6.45, 7) is 5.37. The number of carbonyl (C=O) groups is 1. The van der Waals surface area contributed by atoms with Crippen molar-refractivity contribution in [2.24, 2.45) is 5.73 Å². The Labute approximate surface area is 126 Å². The number of benzene rings is 1. The van der Waals surface area contributed by atoms with Gasteiger partial charge in [0.1, 0.15) is 5.75 Å². The molecule has 2 unspecified atom stereocenters. The highest BCUT2D eigenvalue weighted by atomic mass is 16.5. The van der Waals surface area contributed by atoms with Crippen LogP contribution >= 0.6 is 0 Å². The van der Waals surface area contributed by atoms with E-state index in [1.54, 1.807) is 0 Å². The van der Waals surface area contributed by atoms with Gasteiger partial charge in [0.15, 0.2) is 6.10 Å². The number of nitrogens with zero attached hydrogens (tertiary/aromatic N) is 2. The fraction of sp³-hybridized carbons (Fsp3) is 0.562. The van der Waals surface area contributed by atoms with Crippen LogP contribution in [0.2, 0.25) is 0 Å². The number of nitrogens with two attached hydrogens (primary N) is 1. The van der Waals surface area contributed by atoms with Crippen molar-refractivity contribution in [2.75, 3.05) is 32.1 Å². The lowest BCUT2D eigenvalue weighted by atomic mass is 10.0. The Morgan fingerprint density at radius 2 is 2.14 bits per heavy atom. The Morgan fingerprint density at radius 1 is 1.43 bits per heavy atom. The SMILES string of the molecule is CCC1Oc2ccc(C(C)N)cc2N(CCN(C)C)C1=O. The molecule has 1 aromatic carbocycles. The van der Waals surface area contributed by atoms with Crippen molar-refractivity contribution in [3.05, 3.63) is 23.8 Å². The van der Waals surface area contributed by atoms with E-state index in [9.17, 15) is 4.79 Å². The average molecular weight is 291 g/mol. The van der Waals surface area contributed by atoms with Gasteiger partial charge in [-0.25, -0.2) is 0 Å². The van der Waals surface area contributed by atoms with Gasteiger partial charge in [-0.3, -0.25) is 4.79 Å². The third-order valence-corrected chi connectivity index (χ3v) is 3.75. The van der Waals surface area contributed by atoms with E-state index in [0.29, 0.717) is 13.0 Å². The number of hydrogen-bond acceptors (Lipinski definition) is 4. The second kappa shape index (κ2) is 6.45. The molecule has 5 heteroatoms. The van der Waals surface area contributed by atoms with Crippen LogP contribution < -0.4 is 15.4 Å². The average Bonchev–Trinajstić information content (AvgIpc) is 2.44. The van der Waals surface area contributed by atoms with Gasteiger partial charge in [-0.2, -0.15) is 0 Å². The van der Waals surface area contributed by atoms with E-state index in [1.165, 1.54) is 0 Å². The molecule has 0 saturated heterocycles. The summed E-state index contributed by atoms with van der Waals surface area (Å²) in [5.41, 5.74) is 7.79. The summed E-state index contributed by atoms with van der Waals surface area (Å²) >= 11 is 0. The number of carbonyl (C=O) groups excluding carboxylic acids is 1. The highest BCUT2D eigenvalue weighted by molar-refractivity contribution is 6.00. The molecular formula is C16H25N3O2. The van der Waals surface area contributed by atoms with Crippen molar-refractivity contribution in [1.82, 2.24) is 4.90 Å². The monoisotopic (exact) mass is 291 g/mol. The Balaban J connectivity index is 2.37. The summed E-state index contributed by atoms with van der Waals surface area (Å²) < 4.78 is 5.82. The second-order valence-electron chi connectivity index (χ2n) is 5.82. The van der Waals surface area contributed by atoms with Crippen LogP contribution in [0, 0.1) is 0 Å². The highest BCUT2D eigenvalue weighted by Gasteiger charge is 2.33. The van der Waals surface area contributed by atoms with E-state index < -0.39 is 0 Å². The molecule has 2 rings (SSSR count). The number of ether oxygens (including phenoxy) is 1. The van der Waals surface area contributed by atoms with E-state index in [-0.39, 0.29) is 18.1 Å². The molecule has 0 spiro atoms. The lowest BCUT2D eigenvalue weighted by Crippen LogP contribution is -2.47. The smallest absolute Gasteiger partial charge is 0.268 e. The standard InChI is InChI=1S/C16H25N3O2/c1-5-14-16(20)19(9-8-18(3)4)13-10-12(11(2)17)6-7-15(13)21-14/h6-7,10-11,14H,5,8-9,17H2,1-4H3. The summed E-state index contributed by atoms with van der Waals surface area (Å²) in [6.07, 6.45) is 0.284. The van der Waals surface area contributed by atoms with Gasteiger partial charge in [-0.15, -0.1) is 0 Å². The Morgan fingerprint density at radius 3 is 2.71 bits per heavy atom. The van der Waals surface area contributed by atoms with Crippen LogP contribution in [0.3, 0.4) is 0 Å². The fourth-order valence-corrected chi connectivity index (χ4v) is 2.41. The largest absolute Gasteiger partial charge is 0.478 e. The first-order chi connectivity index (χ1) is 9.93. The number of anilines is 1. The second-order valence-corrected chi connectivity index (χ2v) is 5.82. The molecule has 1 aromatic rings. The van der Waals surface area contributed by atoms with Crippen LogP contribution in [-0.4, -0.2) is 44.1 Å². The molecule has 2 atom stereocenters. The molecule has 116 valence electrons. The lowest BCUT2D eigenvalue weighted by molar-refractivity contribution is -0.126. The molecule has 0 radical (unpaired) electrons. The molecule has 0 aliphatic carbocycles.